The van der Waals surface area contributed by atoms with Crippen LogP contribution in [0.2, 0.25) is 0 Å². The largest absolute Gasteiger partial charge is 0.370 e. The van der Waals surface area contributed by atoms with Gasteiger partial charge in [0.05, 0.1) is 19.8 Å². The van der Waals surface area contributed by atoms with Gasteiger partial charge in [-0.3, -0.25) is 0 Å². The molecule has 1 aliphatic rings. The van der Waals surface area contributed by atoms with Gasteiger partial charge in [-0.15, -0.1) is 0 Å². The van der Waals surface area contributed by atoms with Crippen LogP contribution in [0.4, 0.5) is 10.1 Å². The minimum Gasteiger partial charge on any atom is -0.370 e. The molecule has 2 rings (SSSR count). The fourth-order valence-corrected chi connectivity index (χ4v) is 2.62. The summed E-state index contributed by atoms with van der Waals surface area (Å²) in [5.41, 5.74) is 0.864. The summed E-state index contributed by atoms with van der Waals surface area (Å²) >= 11 is 5.29. The van der Waals surface area contributed by atoms with Crippen molar-refractivity contribution in [2.24, 2.45) is 0 Å². The molecule has 0 unspecified atom stereocenters. The van der Waals surface area contributed by atoms with Gasteiger partial charge in [-0.25, -0.2) is 4.39 Å². The highest BCUT2D eigenvalue weighted by molar-refractivity contribution is 7.80. The summed E-state index contributed by atoms with van der Waals surface area (Å²) in [6.45, 7) is 8.89. The number of thiocarbonyl (C=S) groups is 1. The number of morpholine rings is 1. The molecule has 0 aromatic heterocycles. The summed E-state index contributed by atoms with van der Waals surface area (Å²) in [4.78, 5) is 1.52. The van der Waals surface area contributed by atoms with Gasteiger partial charge in [0, 0.05) is 5.69 Å². The maximum atomic E-state index is 12.8. The first-order valence-corrected chi connectivity index (χ1v) is 7.61. The molecule has 1 fully saturated rings. The van der Waals surface area contributed by atoms with Gasteiger partial charge < -0.3 is 20.3 Å². The van der Waals surface area contributed by atoms with E-state index in [1.54, 1.807) is 12.1 Å². The first-order valence-electron chi connectivity index (χ1n) is 7.21. The number of quaternary nitrogens is 1. The van der Waals surface area contributed by atoms with E-state index in [4.69, 9.17) is 17.0 Å². The second-order valence-electron chi connectivity index (χ2n) is 5.91. The molecule has 116 valence electrons. The Balaban J connectivity index is 1.81. The monoisotopic (exact) mass is 312 g/mol. The van der Waals surface area contributed by atoms with Gasteiger partial charge in [0.2, 0.25) is 0 Å². The molecule has 0 atom stereocenters. The lowest BCUT2D eigenvalue weighted by atomic mass is 10.0. The van der Waals surface area contributed by atoms with E-state index in [1.807, 2.05) is 0 Å². The molecule has 0 amide bonds. The van der Waals surface area contributed by atoms with Crippen molar-refractivity contribution in [3.8, 4) is 0 Å². The quantitative estimate of drug-likeness (QED) is 0.719. The van der Waals surface area contributed by atoms with Crippen LogP contribution in [0.1, 0.15) is 13.8 Å². The molecule has 0 radical (unpaired) electrons. The lowest BCUT2D eigenvalue weighted by Gasteiger charge is -2.37. The van der Waals surface area contributed by atoms with Crippen molar-refractivity contribution in [2.45, 2.75) is 19.4 Å². The SMILES string of the molecule is CC(C)(CNC(=S)Nc1ccc(F)cc1)[NH+]1CCOCC1. The minimum atomic E-state index is -0.253. The number of benzene rings is 1. The van der Waals surface area contributed by atoms with Crippen LogP contribution in [0.5, 0.6) is 0 Å². The number of hydrogen-bond donors (Lipinski definition) is 3. The van der Waals surface area contributed by atoms with Crippen LogP contribution in [0, 0.1) is 5.82 Å². The Labute approximate surface area is 130 Å². The summed E-state index contributed by atoms with van der Waals surface area (Å²) in [5.74, 6) is -0.253. The highest BCUT2D eigenvalue weighted by Crippen LogP contribution is 2.08. The van der Waals surface area contributed by atoms with Crippen LogP contribution in [0.3, 0.4) is 0 Å². The van der Waals surface area contributed by atoms with Crippen molar-refractivity contribution in [2.75, 3.05) is 38.2 Å². The number of halogens is 1. The van der Waals surface area contributed by atoms with E-state index in [1.165, 1.54) is 17.0 Å². The average molecular weight is 312 g/mol. The average Bonchev–Trinajstić information content (AvgIpc) is 2.49. The van der Waals surface area contributed by atoms with Crippen molar-refractivity contribution in [3.63, 3.8) is 0 Å². The summed E-state index contributed by atoms with van der Waals surface area (Å²) in [5, 5.41) is 6.87. The van der Waals surface area contributed by atoms with E-state index < -0.39 is 0 Å². The molecule has 21 heavy (non-hydrogen) atoms. The number of nitrogens with one attached hydrogen (secondary N) is 3. The van der Waals surface area contributed by atoms with E-state index in [9.17, 15) is 4.39 Å². The van der Waals surface area contributed by atoms with Crippen LogP contribution >= 0.6 is 12.2 Å². The molecule has 1 aromatic rings. The Hall–Kier alpha value is -1.24. The summed E-state index contributed by atoms with van der Waals surface area (Å²) in [6, 6.07) is 6.16. The number of anilines is 1. The smallest absolute Gasteiger partial charge is 0.171 e. The Kier molecular flexibility index (Phi) is 5.50. The zero-order valence-electron chi connectivity index (χ0n) is 12.5. The lowest BCUT2D eigenvalue weighted by Crippen LogP contribution is -3.22. The first kappa shape index (κ1) is 16.1. The van der Waals surface area contributed by atoms with Gasteiger partial charge in [0.25, 0.3) is 0 Å². The highest BCUT2D eigenvalue weighted by atomic mass is 32.1. The van der Waals surface area contributed by atoms with Gasteiger partial charge in [-0.1, -0.05) is 0 Å². The zero-order valence-corrected chi connectivity index (χ0v) is 13.4. The van der Waals surface area contributed by atoms with Crippen molar-refractivity contribution in [1.82, 2.24) is 5.32 Å². The molecule has 1 heterocycles. The van der Waals surface area contributed by atoms with Crippen molar-refractivity contribution >= 4 is 23.0 Å². The van der Waals surface area contributed by atoms with Crippen molar-refractivity contribution < 1.29 is 14.0 Å². The van der Waals surface area contributed by atoms with E-state index >= 15 is 0 Å². The molecule has 1 aromatic carbocycles. The maximum Gasteiger partial charge on any atom is 0.171 e. The maximum absolute atomic E-state index is 12.8. The van der Waals surface area contributed by atoms with Crippen LogP contribution in [0.15, 0.2) is 24.3 Å². The molecular formula is C15H23FN3OS+. The molecule has 4 nitrogen and oxygen atoms in total. The molecule has 0 spiro atoms. The van der Waals surface area contributed by atoms with Crippen LogP contribution in [0.25, 0.3) is 0 Å². The number of hydrogen-bond acceptors (Lipinski definition) is 2. The molecule has 0 saturated carbocycles. The molecule has 1 aliphatic heterocycles. The number of ether oxygens (including phenoxy) is 1. The molecule has 3 N–H and O–H groups in total. The topological polar surface area (TPSA) is 37.7 Å². The van der Waals surface area contributed by atoms with Gasteiger partial charge in [0.15, 0.2) is 5.11 Å². The van der Waals surface area contributed by atoms with Gasteiger partial charge in [-0.05, 0) is 50.3 Å². The van der Waals surface area contributed by atoms with Gasteiger partial charge in [0.1, 0.15) is 24.4 Å². The molecule has 6 heteroatoms. The van der Waals surface area contributed by atoms with E-state index in [-0.39, 0.29) is 11.4 Å². The lowest BCUT2D eigenvalue weighted by molar-refractivity contribution is -0.954. The first-order chi connectivity index (χ1) is 9.97. The van der Waals surface area contributed by atoms with E-state index in [0.717, 1.165) is 38.5 Å². The molecule has 1 saturated heterocycles. The van der Waals surface area contributed by atoms with E-state index in [2.05, 4.69) is 24.5 Å². The Bertz CT molecular complexity index is 472. The summed E-state index contributed by atoms with van der Waals surface area (Å²) in [7, 11) is 0. The summed E-state index contributed by atoms with van der Waals surface area (Å²) in [6.07, 6.45) is 0. The normalized spacial score (nSPS) is 16.5. The fourth-order valence-electron chi connectivity index (χ4n) is 2.43. The number of rotatable bonds is 4. The third kappa shape index (κ3) is 4.91. The molecule has 0 aliphatic carbocycles. The molecule has 0 bridgehead atoms. The third-order valence-electron chi connectivity index (χ3n) is 3.85. The summed E-state index contributed by atoms with van der Waals surface area (Å²) < 4.78 is 18.2. The predicted molar refractivity (Wildman–Crippen MR) is 86.2 cm³/mol. The van der Waals surface area contributed by atoms with Crippen LogP contribution < -0.4 is 15.5 Å². The molecular weight excluding hydrogens is 289 g/mol. The van der Waals surface area contributed by atoms with Crippen molar-refractivity contribution in [1.29, 1.82) is 0 Å². The highest BCUT2D eigenvalue weighted by Gasteiger charge is 2.32. The van der Waals surface area contributed by atoms with Crippen LogP contribution in [-0.2, 0) is 4.74 Å². The Morgan fingerprint density at radius 1 is 1.29 bits per heavy atom. The van der Waals surface area contributed by atoms with Crippen molar-refractivity contribution in [3.05, 3.63) is 30.1 Å². The minimum absolute atomic E-state index is 0.0817. The van der Waals surface area contributed by atoms with Gasteiger partial charge >= 0.3 is 0 Å². The third-order valence-corrected chi connectivity index (χ3v) is 4.09. The van der Waals surface area contributed by atoms with E-state index in [0.29, 0.717) is 5.11 Å². The van der Waals surface area contributed by atoms with Crippen LogP contribution in [-0.4, -0.2) is 43.5 Å². The van der Waals surface area contributed by atoms with Gasteiger partial charge in [-0.2, -0.15) is 0 Å². The second-order valence-corrected chi connectivity index (χ2v) is 6.32. The standard InChI is InChI=1S/C15H22FN3OS/c1-15(2,19-7-9-20-10-8-19)11-17-14(21)18-13-5-3-12(16)4-6-13/h3-6H,7-11H2,1-2H3,(H2,17,18,21)/p+1. The predicted octanol–water partition coefficient (Wildman–Crippen LogP) is 0.806. The Morgan fingerprint density at radius 3 is 2.52 bits per heavy atom. The fraction of sp³-hybridized carbons (Fsp3) is 0.533. The Morgan fingerprint density at radius 2 is 1.90 bits per heavy atom. The second kappa shape index (κ2) is 7.15. The zero-order chi connectivity index (χ0) is 15.3.